The van der Waals surface area contributed by atoms with E-state index in [0.717, 1.165) is 31.6 Å². The lowest BCUT2D eigenvalue weighted by molar-refractivity contribution is 0.236. The van der Waals surface area contributed by atoms with E-state index in [4.69, 9.17) is 8.85 Å². The van der Waals surface area contributed by atoms with E-state index in [1.807, 2.05) is 0 Å². The van der Waals surface area contributed by atoms with Gasteiger partial charge in [-0.05, 0) is 73.6 Å². The Labute approximate surface area is 224 Å². The highest BCUT2D eigenvalue weighted by atomic mass is 28.4. The first-order valence-corrected chi connectivity index (χ1v) is 18.9. The summed E-state index contributed by atoms with van der Waals surface area (Å²) in [4.78, 5) is 0. The molecule has 0 aromatic heterocycles. The maximum Gasteiger partial charge on any atom is 0.261 e. The van der Waals surface area contributed by atoms with Crippen molar-refractivity contribution in [3.63, 3.8) is 0 Å². The van der Waals surface area contributed by atoms with Gasteiger partial charge in [0.05, 0.1) is 5.76 Å². The third-order valence-corrected chi connectivity index (χ3v) is 12.5. The Morgan fingerprint density at radius 3 is 1.92 bits per heavy atom. The van der Waals surface area contributed by atoms with Gasteiger partial charge in [-0.25, -0.2) is 0 Å². The van der Waals surface area contributed by atoms with Gasteiger partial charge in [-0.1, -0.05) is 107 Å². The van der Waals surface area contributed by atoms with Crippen LogP contribution in [0.5, 0.6) is 0 Å². The number of benzene rings is 2. The molecule has 2 nitrogen and oxygen atoms in total. The maximum atomic E-state index is 7.12. The van der Waals surface area contributed by atoms with Crippen LogP contribution in [0.1, 0.15) is 66.7 Å². The number of rotatable bonds is 14. The van der Waals surface area contributed by atoms with E-state index in [0.29, 0.717) is 5.92 Å². The van der Waals surface area contributed by atoms with Crippen LogP contribution in [0.25, 0.3) is 0 Å². The number of hydrogen-bond donors (Lipinski definition) is 0. The molecule has 0 N–H and O–H groups in total. The molecule has 2 aromatic rings. The second kappa shape index (κ2) is 13.6. The second-order valence-electron chi connectivity index (χ2n) is 12.3. The average molecular weight is 523 g/mol. The van der Waals surface area contributed by atoms with Gasteiger partial charge in [-0.2, -0.15) is 0 Å². The minimum Gasteiger partial charge on any atom is -0.548 e. The monoisotopic (exact) mass is 522 g/mol. The molecule has 1 unspecified atom stereocenters. The molecule has 0 spiro atoms. The highest BCUT2D eigenvalue weighted by Gasteiger charge is 2.50. The van der Waals surface area contributed by atoms with Gasteiger partial charge in [-0.3, -0.25) is 0 Å². The molecule has 36 heavy (non-hydrogen) atoms. The summed E-state index contributed by atoms with van der Waals surface area (Å²) in [5, 5.41) is 2.74. The summed E-state index contributed by atoms with van der Waals surface area (Å²) < 4.78 is 13.1. The standard InChI is InChI=1S/C32H50O2Si2/c1-27(19-17-21-29(3)34-35(7,8)9)18-16-20-28(2)26-33-36(32(4,5)6,30-22-12-10-13-23-30)31-24-14-11-15-25-31/h10-15,19,22-25,28H,3,16-18,20-21,26H2,1-2,4-9H3. The van der Waals surface area contributed by atoms with Crippen molar-refractivity contribution in [1.29, 1.82) is 0 Å². The van der Waals surface area contributed by atoms with Crippen LogP contribution >= 0.6 is 0 Å². The molecule has 0 aliphatic heterocycles. The Morgan fingerprint density at radius 2 is 1.44 bits per heavy atom. The van der Waals surface area contributed by atoms with Crippen LogP contribution in [0, 0.1) is 5.92 Å². The Morgan fingerprint density at radius 1 is 0.917 bits per heavy atom. The highest BCUT2D eigenvalue weighted by molar-refractivity contribution is 6.99. The van der Waals surface area contributed by atoms with E-state index in [1.165, 1.54) is 28.8 Å². The van der Waals surface area contributed by atoms with Crippen LogP contribution < -0.4 is 10.4 Å². The van der Waals surface area contributed by atoms with Crippen LogP contribution in [-0.2, 0) is 8.85 Å². The lowest BCUT2D eigenvalue weighted by Crippen LogP contribution is -2.66. The van der Waals surface area contributed by atoms with E-state index >= 15 is 0 Å². The van der Waals surface area contributed by atoms with Gasteiger partial charge >= 0.3 is 0 Å². The molecule has 0 aliphatic carbocycles. The van der Waals surface area contributed by atoms with Crippen molar-refractivity contribution < 1.29 is 8.85 Å². The molecule has 0 saturated heterocycles. The first-order chi connectivity index (χ1) is 16.8. The topological polar surface area (TPSA) is 18.5 Å². The Hall–Kier alpha value is -1.89. The number of hydrogen-bond acceptors (Lipinski definition) is 2. The molecule has 2 rings (SSSR count). The summed E-state index contributed by atoms with van der Waals surface area (Å²) in [7, 11) is -3.98. The smallest absolute Gasteiger partial charge is 0.261 e. The quantitative estimate of drug-likeness (QED) is 0.141. The SMILES string of the molecule is C=C(CCC=C(C)CCCC(C)CO[Si](c1ccccc1)(c1ccccc1)C(C)(C)C)O[Si](C)(C)C. The fourth-order valence-electron chi connectivity index (χ4n) is 4.91. The van der Waals surface area contributed by atoms with Gasteiger partial charge < -0.3 is 8.85 Å². The third-order valence-electron chi connectivity index (χ3n) is 6.64. The van der Waals surface area contributed by atoms with Crippen LogP contribution in [0.2, 0.25) is 24.7 Å². The summed E-state index contributed by atoms with van der Waals surface area (Å²) in [5.74, 6) is 1.46. The van der Waals surface area contributed by atoms with Crippen molar-refractivity contribution in [1.82, 2.24) is 0 Å². The minimum atomic E-state index is -2.45. The molecule has 4 heteroatoms. The zero-order valence-corrected chi connectivity index (χ0v) is 26.2. The predicted octanol–water partition coefficient (Wildman–Crippen LogP) is 8.46. The van der Waals surface area contributed by atoms with Gasteiger partial charge in [0.15, 0.2) is 0 Å². The largest absolute Gasteiger partial charge is 0.548 e. The van der Waals surface area contributed by atoms with Crippen LogP contribution in [-0.4, -0.2) is 23.2 Å². The molecular formula is C32H50O2Si2. The average Bonchev–Trinajstić information content (AvgIpc) is 2.79. The van der Waals surface area contributed by atoms with E-state index in [-0.39, 0.29) is 5.04 Å². The molecule has 1 atom stereocenters. The van der Waals surface area contributed by atoms with Crippen LogP contribution in [0.3, 0.4) is 0 Å². The van der Waals surface area contributed by atoms with Crippen LogP contribution in [0.4, 0.5) is 0 Å². The fourth-order valence-corrected chi connectivity index (χ4v) is 10.6. The molecule has 0 radical (unpaired) electrons. The lowest BCUT2D eigenvalue weighted by atomic mass is 10.0. The van der Waals surface area contributed by atoms with Gasteiger partial charge in [0.25, 0.3) is 8.32 Å². The van der Waals surface area contributed by atoms with E-state index in [2.05, 4.69) is 128 Å². The fraction of sp³-hybridized carbons (Fsp3) is 0.500. The normalized spacial score (nSPS) is 13.9. The third kappa shape index (κ3) is 9.21. The van der Waals surface area contributed by atoms with Gasteiger partial charge in [0.2, 0.25) is 8.32 Å². The molecular weight excluding hydrogens is 473 g/mol. The van der Waals surface area contributed by atoms with Gasteiger partial charge in [-0.15, -0.1) is 0 Å². The Bertz CT molecular complexity index is 914. The summed E-state index contributed by atoms with van der Waals surface area (Å²) in [6.07, 6.45) is 7.81. The van der Waals surface area contributed by atoms with Gasteiger partial charge in [0, 0.05) is 13.0 Å². The van der Waals surface area contributed by atoms with Crippen molar-refractivity contribution in [2.45, 2.75) is 91.4 Å². The molecule has 198 valence electrons. The van der Waals surface area contributed by atoms with Crippen molar-refractivity contribution in [2.75, 3.05) is 6.61 Å². The van der Waals surface area contributed by atoms with Crippen molar-refractivity contribution in [3.05, 3.63) is 84.7 Å². The highest BCUT2D eigenvalue weighted by Crippen LogP contribution is 2.37. The van der Waals surface area contributed by atoms with Crippen molar-refractivity contribution >= 4 is 27.0 Å². The van der Waals surface area contributed by atoms with Crippen LogP contribution in [0.15, 0.2) is 84.7 Å². The molecule has 2 aromatic carbocycles. The lowest BCUT2D eigenvalue weighted by Gasteiger charge is -2.43. The van der Waals surface area contributed by atoms with Crippen molar-refractivity contribution in [3.8, 4) is 0 Å². The molecule has 0 fully saturated rings. The molecule has 0 saturated carbocycles. The van der Waals surface area contributed by atoms with Crippen molar-refractivity contribution in [2.24, 2.45) is 5.92 Å². The summed E-state index contributed by atoms with van der Waals surface area (Å²) in [6, 6.07) is 21.9. The molecule has 0 amide bonds. The number of allylic oxidation sites excluding steroid dienone is 3. The second-order valence-corrected chi connectivity index (χ2v) is 21.0. The summed E-state index contributed by atoms with van der Waals surface area (Å²) in [6.45, 7) is 23.2. The summed E-state index contributed by atoms with van der Waals surface area (Å²) in [5.41, 5.74) is 1.47. The first kappa shape index (κ1) is 30.3. The molecule has 0 aliphatic rings. The summed E-state index contributed by atoms with van der Waals surface area (Å²) >= 11 is 0. The van der Waals surface area contributed by atoms with E-state index in [1.54, 1.807) is 0 Å². The Balaban J connectivity index is 1.98. The minimum absolute atomic E-state index is 0.0257. The Kier molecular flexibility index (Phi) is 11.5. The molecule has 0 heterocycles. The van der Waals surface area contributed by atoms with Gasteiger partial charge in [0.1, 0.15) is 0 Å². The zero-order chi connectivity index (χ0) is 26.8. The first-order valence-electron chi connectivity index (χ1n) is 13.6. The van der Waals surface area contributed by atoms with E-state index in [9.17, 15) is 0 Å². The zero-order valence-electron chi connectivity index (χ0n) is 24.2. The van der Waals surface area contributed by atoms with E-state index < -0.39 is 16.6 Å². The molecule has 0 bridgehead atoms. The maximum absolute atomic E-state index is 7.12. The predicted molar refractivity (Wildman–Crippen MR) is 163 cm³/mol.